The van der Waals surface area contributed by atoms with Gasteiger partial charge in [0, 0.05) is 24.6 Å². The molecule has 1 heterocycles. The predicted octanol–water partition coefficient (Wildman–Crippen LogP) is 5.16. The number of benzene rings is 2. The lowest BCUT2D eigenvalue weighted by atomic mass is 10.1. The molecule has 0 fully saturated rings. The molecule has 0 unspecified atom stereocenters. The lowest BCUT2D eigenvalue weighted by molar-refractivity contribution is 0.210. The van der Waals surface area contributed by atoms with Gasteiger partial charge in [0.1, 0.15) is 5.82 Å². The minimum atomic E-state index is -1.09. The second kappa shape index (κ2) is 8.33. The predicted molar refractivity (Wildman–Crippen MR) is 109 cm³/mol. The number of nitrogens with zero attached hydrogens (tertiary/aromatic N) is 3. The van der Waals surface area contributed by atoms with Crippen molar-refractivity contribution >= 4 is 47.0 Å². The van der Waals surface area contributed by atoms with Crippen LogP contribution in [-0.4, -0.2) is 28.2 Å². The van der Waals surface area contributed by atoms with Crippen molar-refractivity contribution in [3.05, 3.63) is 77.2 Å². The Kier molecular flexibility index (Phi) is 5.68. The summed E-state index contributed by atoms with van der Waals surface area (Å²) in [4.78, 5) is 20.8. The third-order valence-electron chi connectivity index (χ3n) is 3.82. The Labute approximate surface area is 161 Å². The maximum Gasteiger partial charge on any atom is 0.409 e. The van der Waals surface area contributed by atoms with Crippen LogP contribution in [0.1, 0.15) is 11.1 Å². The monoisotopic (exact) mass is 380 g/mol. The Morgan fingerprint density at radius 1 is 1.11 bits per heavy atom. The SMILES string of the molecule is CN(c1cccc(C=Cc2cccc(NC(=O)O)c2)c1)c1ccnc(Cl)n1. The van der Waals surface area contributed by atoms with Crippen LogP contribution in [0, 0.1) is 0 Å². The molecule has 0 saturated carbocycles. The van der Waals surface area contributed by atoms with Crippen molar-refractivity contribution in [3.8, 4) is 0 Å². The number of anilines is 3. The van der Waals surface area contributed by atoms with Gasteiger partial charge in [0.15, 0.2) is 0 Å². The van der Waals surface area contributed by atoms with E-state index in [9.17, 15) is 4.79 Å². The summed E-state index contributed by atoms with van der Waals surface area (Å²) in [6.07, 6.45) is 4.41. The highest BCUT2D eigenvalue weighted by Gasteiger charge is 2.06. The lowest BCUT2D eigenvalue weighted by Crippen LogP contribution is -2.11. The van der Waals surface area contributed by atoms with Crippen molar-refractivity contribution in [3.63, 3.8) is 0 Å². The van der Waals surface area contributed by atoms with Gasteiger partial charge in [-0.2, -0.15) is 0 Å². The molecule has 6 nitrogen and oxygen atoms in total. The van der Waals surface area contributed by atoms with Crippen LogP contribution in [0.2, 0.25) is 5.28 Å². The van der Waals surface area contributed by atoms with Crippen molar-refractivity contribution in [1.29, 1.82) is 0 Å². The molecule has 7 heteroatoms. The molecule has 0 bridgehead atoms. The molecule has 27 heavy (non-hydrogen) atoms. The smallest absolute Gasteiger partial charge is 0.409 e. The van der Waals surface area contributed by atoms with E-state index in [1.165, 1.54) is 0 Å². The fourth-order valence-corrected chi connectivity index (χ4v) is 2.66. The summed E-state index contributed by atoms with van der Waals surface area (Å²) < 4.78 is 0. The van der Waals surface area contributed by atoms with Crippen LogP contribution in [0.5, 0.6) is 0 Å². The molecule has 3 aromatic rings. The van der Waals surface area contributed by atoms with Crippen LogP contribution in [0.3, 0.4) is 0 Å². The maximum absolute atomic E-state index is 10.7. The number of nitrogens with one attached hydrogen (secondary N) is 1. The summed E-state index contributed by atoms with van der Waals surface area (Å²) in [7, 11) is 1.91. The summed E-state index contributed by atoms with van der Waals surface area (Å²) in [5.74, 6) is 0.698. The average molecular weight is 381 g/mol. The molecule has 136 valence electrons. The van der Waals surface area contributed by atoms with Crippen LogP contribution >= 0.6 is 11.6 Å². The van der Waals surface area contributed by atoms with Gasteiger partial charge in [-0.05, 0) is 53.1 Å². The number of aromatic nitrogens is 2. The largest absolute Gasteiger partial charge is 0.465 e. The average Bonchev–Trinajstić information content (AvgIpc) is 2.66. The van der Waals surface area contributed by atoms with Gasteiger partial charge in [-0.1, -0.05) is 36.4 Å². The van der Waals surface area contributed by atoms with E-state index in [-0.39, 0.29) is 5.28 Å². The topological polar surface area (TPSA) is 78.4 Å². The Hall–Kier alpha value is -3.38. The summed E-state index contributed by atoms with van der Waals surface area (Å²) in [6.45, 7) is 0. The van der Waals surface area contributed by atoms with Crippen LogP contribution < -0.4 is 10.2 Å². The molecule has 3 rings (SSSR count). The van der Waals surface area contributed by atoms with Crippen molar-refractivity contribution < 1.29 is 9.90 Å². The summed E-state index contributed by atoms with van der Waals surface area (Å²) >= 11 is 5.87. The first-order chi connectivity index (χ1) is 13.0. The number of hydrogen-bond acceptors (Lipinski definition) is 4. The lowest BCUT2D eigenvalue weighted by Gasteiger charge is -2.18. The molecule has 0 radical (unpaired) electrons. The Bertz CT molecular complexity index is 991. The van der Waals surface area contributed by atoms with Crippen molar-refractivity contribution in [1.82, 2.24) is 9.97 Å². The second-order valence-corrected chi connectivity index (χ2v) is 6.06. The maximum atomic E-state index is 10.7. The highest BCUT2D eigenvalue weighted by Crippen LogP contribution is 2.24. The van der Waals surface area contributed by atoms with Crippen LogP contribution in [0.25, 0.3) is 12.2 Å². The van der Waals surface area contributed by atoms with Crippen molar-refractivity contribution in [2.45, 2.75) is 0 Å². The molecule has 0 saturated heterocycles. The van der Waals surface area contributed by atoms with Gasteiger partial charge in [0.25, 0.3) is 0 Å². The fraction of sp³-hybridized carbons (Fsp3) is 0.0500. The third kappa shape index (κ3) is 5.05. The molecule has 2 aromatic carbocycles. The number of amides is 1. The van der Waals surface area contributed by atoms with Gasteiger partial charge in [-0.3, -0.25) is 5.32 Å². The molecule has 1 aromatic heterocycles. The molecule has 0 atom stereocenters. The van der Waals surface area contributed by atoms with E-state index in [0.29, 0.717) is 11.5 Å². The van der Waals surface area contributed by atoms with Crippen LogP contribution in [-0.2, 0) is 0 Å². The Morgan fingerprint density at radius 2 is 1.81 bits per heavy atom. The van der Waals surface area contributed by atoms with E-state index in [0.717, 1.165) is 16.8 Å². The van der Waals surface area contributed by atoms with Gasteiger partial charge in [0.2, 0.25) is 5.28 Å². The first-order valence-corrected chi connectivity index (χ1v) is 8.49. The molecule has 2 N–H and O–H groups in total. The van der Waals surface area contributed by atoms with Crippen LogP contribution in [0.4, 0.5) is 22.0 Å². The minimum Gasteiger partial charge on any atom is -0.465 e. The summed E-state index contributed by atoms with van der Waals surface area (Å²) in [6, 6.07) is 16.9. The number of carboxylic acid groups (broad SMARTS) is 1. The molecule has 0 aliphatic heterocycles. The quantitative estimate of drug-likeness (QED) is 0.472. The third-order valence-corrected chi connectivity index (χ3v) is 4.00. The van der Waals surface area contributed by atoms with Crippen molar-refractivity contribution in [2.24, 2.45) is 0 Å². The summed E-state index contributed by atoms with van der Waals surface area (Å²) in [5, 5.41) is 11.4. The number of halogens is 1. The number of rotatable bonds is 5. The number of hydrogen-bond donors (Lipinski definition) is 2. The molecule has 0 aliphatic rings. The Balaban J connectivity index is 1.79. The van der Waals surface area contributed by atoms with E-state index in [1.54, 1.807) is 30.5 Å². The molecule has 0 spiro atoms. The Morgan fingerprint density at radius 3 is 2.52 bits per heavy atom. The zero-order chi connectivity index (χ0) is 19.2. The standard InChI is InChI=1S/C20H17ClN4O2/c1-25(18-10-11-22-19(21)24-18)17-7-3-5-15(13-17)9-8-14-4-2-6-16(12-14)23-20(26)27/h2-13,23H,1H3,(H,26,27). The molecule has 0 aliphatic carbocycles. The normalized spacial score (nSPS) is 10.7. The van der Waals surface area contributed by atoms with Gasteiger partial charge in [-0.25, -0.2) is 14.8 Å². The summed E-state index contributed by atoms with van der Waals surface area (Å²) in [5.41, 5.74) is 3.37. The van der Waals surface area contributed by atoms with Gasteiger partial charge >= 0.3 is 6.09 Å². The zero-order valence-electron chi connectivity index (χ0n) is 14.5. The van der Waals surface area contributed by atoms with E-state index in [2.05, 4.69) is 15.3 Å². The molecular weight excluding hydrogens is 364 g/mol. The second-order valence-electron chi connectivity index (χ2n) is 5.73. The highest BCUT2D eigenvalue weighted by molar-refractivity contribution is 6.28. The van der Waals surface area contributed by atoms with Crippen LogP contribution in [0.15, 0.2) is 60.8 Å². The molecular formula is C20H17ClN4O2. The number of carbonyl (C=O) groups is 1. The first kappa shape index (κ1) is 18.4. The van der Waals surface area contributed by atoms with Crippen molar-refractivity contribution in [2.75, 3.05) is 17.3 Å². The van der Waals surface area contributed by atoms with E-state index in [1.807, 2.05) is 54.4 Å². The minimum absolute atomic E-state index is 0.199. The van der Waals surface area contributed by atoms with Gasteiger partial charge in [0.05, 0.1) is 0 Å². The van der Waals surface area contributed by atoms with Gasteiger partial charge in [-0.15, -0.1) is 0 Å². The molecule has 1 amide bonds. The van der Waals surface area contributed by atoms with E-state index >= 15 is 0 Å². The van der Waals surface area contributed by atoms with E-state index < -0.39 is 6.09 Å². The van der Waals surface area contributed by atoms with E-state index in [4.69, 9.17) is 16.7 Å². The fourth-order valence-electron chi connectivity index (χ4n) is 2.52. The zero-order valence-corrected chi connectivity index (χ0v) is 15.3. The van der Waals surface area contributed by atoms with Gasteiger partial charge < -0.3 is 10.0 Å². The highest BCUT2D eigenvalue weighted by atomic mass is 35.5. The first-order valence-electron chi connectivity index (χ1n) is 8.12.